The third-order valence-electron chi connectivity index (χ3n) is 3.50. The van der Waals surface area contributed by atoms with E-state index < -0.39 is 0 Å². The lowest BCUT2D eigenvalue weighted by atomic mass is 9.78. The van der Waals surface area contributed by atoms with E-state index in [-0.39, 0.29) is 10.8 Å². The minimum absolute atomic E-state index is 0.132. The molecule has 2 rings (SSSR count). The Morgan fingerprint density at radius 1 is 1.00 bits per heavy atom. The predicted molar refractivity (Wildman–Crippen MR) is 72.6 cm³/mol. The molecule has 0 bridgehead atoms. The van der Waals surface area contributed by atoms with E-state index in [0.717, 1.165) is 0 Å². The monoisotopic (exact) mass is 234 g/mol. The van der Waals surface area contributed by atoms with Gasteiger partial charge in [-0.1, -0.05) is 41.5 Å². The van der Waals surface area contributed by atoms with Crippen LogP contribution in [-0.2, 0) is 10.8 Å². The first-order valence-corrected chi connectivity index (χ1v) is 6.72. The van der Waals surface area contributed by atoms with Crippen LogP contribution in [0.4, 0.5) is 0 Å². The molecule has 1 heterocycles. The van der Waals surface area contributed by atoms with Crippen LogP contribution < -0.4 is 0 Å². The van der Waals surface area contributed by atoms with E-state index in [4.69, 9.17) is 5.10 Å². The van der Waals surface area contributed by atoms with Gasteiger partial charge in [0.15, 0.2) is 0 Å². The molecule has 1 fully saturated rings. The van der Waals surface area contributed by atoms with Gasteiger partial charge in [0.05, 0.1) is 11.7 Å². The van der Waals surface area contributed by atoms with Gasteiger partial charge in [-0.3, -0.25) is 4.68 Å². The van der Waals surface area contributed by atoms with Crippen LogP contribution in [0.3, 0.4) is 0 Å². The summed E-state index contributed by atoms with van der Waals surface area (Å²) in [5.41, 5.74) is 4.43. The molecule has 1 aliphatic carbocycles. The van der Waals surface area contributed by atoms with Crippen LogP contribution in [0.2, 0.25) is 0 Å². The largest absolute Gasteiger partial charge is 0.266 e. The van der Waals surface area contributed by atoms with E-state index in [2.05, 4.69) is 53.1 Å². The van der Waals surface area contributed by atoms with E-state index in [0.29, 0.717) is 6.04 Å². The van der Waals surface area contributed by atoms with Crippen LogP contribution >= 0.6 is 0 Å². The first kappa shape index (κ1) is 12.7. The quantitative estimate of drug-likeness (QED) is 0.714. The van der Waals surface area contributed by atoms with Crippen molar-refractivity contribution in [3.8, 4) is 0 Å². The second kappa shape index (κ2) is 3.60. The Kier molecular flexibility index (Phi) is 2.68. The van der Waals surface area contributed by atoms with Gasteiger partial charge in [-0.05, 0) is 25.2 Å². The van der Waals surface area contributed by atoms with Gasteiger partial charge in [-0.2, -0.15) is 5.10 Å². The lowest BCUT2D eigenvalue weighted by molar-refractivity contribution is 0.512. The number of aromatic nitrogens is 2. The highest BCUT2D eigenvalue weighted by Gasteiger charge is 2.35. The highest BCUT2D eigenvalue weighted by atomic mass is 15.3. The molecule has 0 spiro atoms. The molecule has 1 saturated carbocycles. The van der Waals surface area contributed by atoms with Crippen LogP contribution in [-0.4, -0.2) is 9.78 Å². The van der Waals surface area contributed by atoms with Crippen molar-refractivity contribution >= 4 is 0 Å². The van der Waals surface area contributed by atoms with E-state index in [1.165, 1.54) is 29.8 Å². The third-order valence-corrected chi connectivity index (χ3v) is 3.50. The molecule has 17 heavy (non-hydrogen) atoms. The van der Waals surface area contributed by atoms with Gasteiger partial charge in [0, 0.05) is 16.7 Å². The average Bonchev–Trinajstić information content (AvgIpc) is 2.86. The summed E-state index contributed by atoms with van der Waals surface area (Å²) >= 11 is 0. The minimum Gasteiger partial charge on any atom is -0.266 e. The van der Waals surface area contributed by atoms with Crippen molar-refractivity contribution in [2.24, 2.45) is 0 Å². The van der Waals surface area contributed by atoms with Gasteiger partial charge in [-0.25, -0.2) is 0 Å². The molecule has 2 nitrogen and oxygen atoms in total. The molecule has 1 aliphatic rings. The van der Waals surface area contributed by atoms with E-state index >= 15 is 0 Å². The highest BCUT2D eigenvalue weighted by Crippen LogP contribution is 2.41. The topological polar surface area (TPSA) is 17.8 Å². The summed E-state index contributed by atoms with van der Waals surface area (Å²) in [4.78, 5) is 0. The first-order chi connectivity index (χ1) is 7.62. The predicted octanol–water partition coefficient (Wildman–Crippen LogP) is 4.12. The highest BCUT2D eigenvalue weighted by molar-refractivity contribution is 5.36. The zero-order chi connectivity index (χ0) is 13.0. The van der Waals surface area contributed by atoms with E-state index in [1.807, 2.05) is 0 Å². The fourth-order valence-electron chi connectivity index (χ4n) is 2.62. The van der Waals surface area contributed by atoms with E-state index in [9.17, 15) is 0 Å². The summed E-state index contributed by atoms with van der Waals surface area (Å²) in [5.74, 6) is 0. The molecule has 0 unspecified atom stereocenters. The molecule has 0 atom stereocenters. The van der Waals surface area contributed by atoms with Gasteiger partial charge < -0.3 is 0 Å². The summed E-state index contributed by atoms with van der Waals surface area (Å²) in [6.45, 7) is 15.9. The third kappa shape index (κ3) is 2.27. The fraction of sp³-hybridized carbons (Fsp3) is 0.800. The molecule has 1 aromatic heterocycles. The van der Waals surface area contributed by atoms with Gasteiger partial charge in [0.25, 0.3) is 0 Å². The van der Waals surface area contributed by atoms with Gasteiger partial charge in [0.1, 0.15) is 0 Å². The average molecular weight is 234 g/mol. The molecular formula is C15H26N2. The van der Waals surface area contributed by atoms with Gasteiger partial charge in [-0.15, -0.1) is 0 Å². The molecular weight excluding hydrogens is 208 g/mol. The van der Waals surface area contributed by atoms with Crippen molar-refractivity contribution < 1.29 is 0 Å². The smallest absolute Gasteiger partial charge is 0.0718 e. The maximum absolute atomic E-state index is 4.93. The van der Waals surface area contributed by atoms with E-state index in [1.54, 1.807) is 0 Å². The second-order valence-electron chi connectivity index (χ2n) is 7.48. The molecule has 0 amide bonds. The van der Waals surface area contributed by atoms with Crippen LogP contribution in [0.5, 0.6) is 0 Å². The first-order valence-electron chi connectivity index (χ1n) is 6.72. The molecule has 0 aliphatic heterocycles. The number of hydrogen-bond acceptors (Lipinski definition) is 1. The van der Waals surface area contributed by atoms with Crippen molar-refractivity contribution in [3.05, 3.63) is 17.0 Å². The van der Waals surface area contributed by atoms with Crippen molar-refractivity contribution in [2.45, 2.75) is 78.2 Å². The molecule has 1 aromatic rings. The van der Waals surface area contributed by atoms with Crippen LogP contribution in [0.1, 0.15) is 77.4 Å². The second-order valence-corrected chi connectivity index (χ2v) is 7.48. The lowest BCUT2D eigenvalue weighted by Gasteiger charge is -2.25. The molecule has 0 N–H and O–H groups in total. The maximum atomic E-state index is 4.93. The van der Waals surface area contributed by atoms with Crippen molar-refractivity contribution in [3.63, 3.8) is 0 Å². The fourth-order valence-corrected chi connectivity index (χ4v) is 2.62. The molecule has 2 heteroatoms. The molecule has 0 aromatic carbocycles. The Bertz CT molecular complexity index is 423. The Hall–Kier alpha value is -0.790. The summed E-state index contributed by atoms with van der Waals surface area (Å²) in [6, 6.07) is 0.673. The summed E-state index contributed by atoms with van der Waals surface area (Å²) in [5, 5.41) is 4.93. The van der Waals surface area contributed by atoms with Crippen molar-refractivity contribution in [2.75, 3.05) is 0 Å². The number of hydrogen-bond donors (Lipinski definition) is 0. The van der Waals surface area contributed by atoms with Crippen molar-refractivity contribution in [1.82, 2.24) is 9.78 Å². The number of nitrogens with zero attached hydrogens (tertiary/aromatic N) is 2. The molecule has 96 valence electrons. The zero-order valence-corrected chi connectivity index (χ0v) is 12.4. The Morgan fingerprint density at radius 2 is 1.53 bits per heavy atom. The van der Waals surface area contributed by atoms with Crippen LogP contribution in [0.15, 0.2) is 0 Å². The SMILES string of the molecule is Cc1c(C(C)(C)C)c(C(C)(C)C)nn1C1CC1. The minimum atomic E-state index is 0.132. The standard InChI is InChI=1S/C15H26N2/c1-10-12(14(2,3)4)13(15(5,6)7)16-17(10)11-8-9-11/h11H,8-9H2,1-7H3. The van der Waals surface area contributed by atoms with Crippen LogP contribution in [0, 0.1) is 6.92 Å². The van der Waals surface area contributed by atoms with Crippen molar-refractivity contribution in [1.29, 1.82) is 0 Å². The Balaban J connectivity index is 2.61. The lowest BCUT2D eigenvalue weighted by Crippen LogP contribution is -2.21. The summed E-state index contributed by atoms with van der Waals surface area (Å²) < 4.78 is 2.28. The molecule has 0 radical (unpaired) electrons. The Labute approximate surface area is 105 Å². The zero-order valence-electron chi connectivity index (χ0n) is 12.4. The van der Waals surface area contributed by atoms with Gasteiger partial charge in [0.2, 0.25) is 0 Å². The normalized spacial score (nSPS) is 17.6. The summed E-state index contributed by atoms with van der Waals surface area (Å²) in [6.07, 6.45) is 2.60. The summed E-state index contributed by atoms with van der Waals surface area (Å²) in [7, 11) is 0. The maximum Gasteiger partial charge on any atom is 0.0718 e. The number of rotatable bonds is 1. The van der Waals surface area contributed by atoms with Gasteiger partial charge >= 0.3 is 0 Å². The van der Waals surface area contributed by atoms with Crippen LogP contribution in [0.25, 0.3) is 0 Å². The molecule has 0 saturated heterocycles. The Morgan fingerprint density at radius 3 is 1.82 bits per heavy atom.